The molecule has 10 heteroatoms. The van der Waals surface area contributed by atoms with Crippen molar-refractivity contribution < 1.29 is 32.5 Å². The van der Waals surface area contributed by atoms with Crippen molar-refractivity contribution in [3.63, 3.8) is 0 Å². The number of halogens is 3. The number of aromatic nitrogens is 1. The van der Waals surface area contributed by atoms with E-state index in [4.69, 9.17) is 15.2 Å². The molecule has 0 aliphatic heterocycles. The molecule has 0 aliphatic carbocycles. The maximum absolute atomic E-state index is 13.3. The highest BCUT2D eigenvalue weighted by Gasteiger charge is 2.35. The molecule has 1 aromatic carbocycles. The second-order valence-corrected chi connectivity index (χ2v) is 6.29. The molecule has 0 spiro atoms. The number of aliphatic hydroxyl groups excluding tert-OH is 1. The Morgan fingerprint density at radius 1 is 1.27 bits per heavy atom. The number of carbonyl (C=O) groups excluding carboxylic acids is 1. The van der Waals surface area contributed by atoms with Crippen molar-refractivity contribution in [3.05, 3.63) is 63.6 Å². The van der Waals surface area contributed by atoms with E-state index in [0.29, 0.717) is 17.9 Å². The number of nitrogens with zero attached hydrogens (tertiary/aromatic N) is 1. The number of hydrogen-bond donors (Lipinski definition) is 2. The molecule has 7 nitrogen and oxygen atoms in total. The standard InChI is InChI=1S/C20H21F3N2O5/c1-3-4-12-5-7-15(16(9-12)29-2)30-11-13(26)10-25-17(20(21,22)23)8-6-14(18(24)27)19(25)28/h3-9,13,26H,10-11H2,1-2H3,(H2,24,27)/b4-3-. The van der Waals surface area contributed by atoms with Crippen molar-refractivity contribution in [2.24, 2.45) is 5.73 Å². The lowest BCUT2D eigenvalue weighted by Crippen LogP contribution is -2.37. The second-order valence-electron chi connectivity index (χ2n) is 6.29. The van der Waals surface area contributed by atoms with Crippen LogP contribution in [0.5, 0.6) is 11.5 Å². The third kappa shape index (κ3) is 5.41. The number of carbonyl (C=O) groups is 1. The van der Waals surface area contributed by atoms with Crippen molar-refractivity contribution >= 4 is 12.0 Å². The summed E-state index contributed by atoms with van der Waals surface area (Å²) in [6.45, 7) is 0.662. The third-order valence-corrected chi connectivity index (χ3v) is 4.10. The molecule has 0 saturated carbocycles. The minimum atomic E-state index is -4.87. The first-order chi connectivity index (χ1) is 14.1. The second kappa shape index (κ2) is 9.49. The fourth-order valence-corrected chi connectivity index (χ4v) is 2.74. The van der Waals surface area contributed by atoms with Crippen LogP contribution < -0.4 is 20.8 Å². The Kier molecular flexibility index (Phi) is 7.28. The van der Waals surface area contributed by atoms with Crippen LogP contribution in [0.2, 0.25) is 0 Å². The van der Waals surface area contributed by atoms with Crippen molar-refractivity contribution in [1.29, 1.82) is 0 Å². The minimum Gasteiger partial charge on any atom is -0.493 e. The Balaban J connectivity index is 2.24. The molecule has 1 aromatic heterocycles. The van der Waals surface area contributed by atoms with Crippen LogP contribution >= 0.6 is 0 Å². The van der Waals surface area contributed by atoms with Gasteiger partial charge in [-0.3, -0.25) is 9.59 Å². The van der Waals surface area contributed by atoms with Crippen LogP contribution in [0.1, 0.15) is 28.5 Å². The number of pyridine rings is 1. The predicted molar refractivity (Wildman–Crippen MR) is 103 cm³/mol. The predicted octanol–water partition coefficient (Wildman–Crippen LogP) is 2.45. The molecule has 1 atom stereocenters. The van der Waals surface area contributed by atoms with Gasteiger partial charge in [-0.1, -0.05) is 18.2 Å². The van der Waals surface area contributed by atoms with Crippen LogP contribution in [0.25, 0.3) is 6.08 Å². The zero-order valence-electron chi connectivity index (χ0n) is 16.3. The number of rotatable bonds is 8. The monoisotopic (exact) mass is 426 g/mol. The minimum absolute atomic E-state index is 0.263. The Bertz CT molecular complexity index is 999. The van der Waals surface area contributed by atoms with E-state index in [9.17, 15) is 27.9 Å². The van der Waals surface area contributed by atoms with E-state index < -0.39 is 48.2 Å². The summed E-state index contributed by atoms with van der Waals surface area (Å²) in [4.78, 5) is 23.6. The summed E-state index contributed by atoms with van der Waals surface area (Å²) in [5.74, 6) is -0.542. The quantitative estimate of drug-likeness (QED) is 0.675. The molecule has 30 heavy (non-hydrogen) atoms. The number of primary amides is 1. The molecule has 1 amide bonds. The van der Waals surface area contributed by atoms with E-state index >= 15 is 0 Å². The summed E-state index contributed by atoms with van der Waals surface area (Å²) in [5, 5.41) is 10.2. The molecule has 2 aromatic rings. The van der Waals surface area contributed by atoms with Gasteiger partial charge in [0.1, 0.15) is 24.0 Å². The summed E-state index contributed by atoms with van der Waals surface area (Å²) in [7, 11) is 1.42. The lowest BCUT2D eigenvalue weighted by Gasteiger charge is -2.19. The number of hydrogen-bond acceptors (Lipinski definition) is 5. The van der Waals surface area contributed by atoms with Crippen LogP contribution in [-0.4, -0.2) is 35.4 Å². The number of amides is 1. The Morgan fingerprint density at radius 2 is 1.97 bits per heavy atom. The van der Waals surface area contributed by atoms with Crippen LogP contribution in [-0.2, 0) is 12.7 Å². The Hall–Kier alpha value is -3.27. The molecular formula is C20H21F3N2O5. The fraction of sp³-hybridized carbons (Fsp3) is 0.300. The molecule has 0 bridgehead atoms. The van der Waals surface area contributed by atoms with Gasteiger partial charge in [0, 0.05) is 0 Å². The first kappa shape index (κ1) is 23.0. The zero-order chi connectivity index (χ0) is 22.5. The molecule has 0 saturated heterocycles. The first-order valence-electron chi connectivity index (χ1n) is 8.81. The lowest BCUT2D eigenvalue weighted by atomic mass is 10.2. The van der Waals surface area contributed by atoms with Crippen molar-refractivity contribution in [1.82, 2.24) is 4.57 Å². The summed E-state index contributed by atoms with van der Waals surface area (Å²) in [5.41, 5.74) is 2.70. The van der Waals surface area contributed by atoms with Gasteiger partial charge in [0.05, 0.1) is 13.7 Å². The largest absolute Gasteiger partial charge is 0.493 e. The van der Waals surface area contributed by atoms with Gasteiger partial charge in [0.25, 0.3) is 11.5 Å². The fourth-order valence-electron chi connectivity index (χ4n) is 2.74. The van der Waals surface area contributed by atoms with Crippen LogP contribution in [0.15, 0.2) is 41.2 Å². The van der Waals surface area contributed by atoms with Gasteiger partial charge in [-0.25, -0.2) is 0 Å². The molecule has 3 N–H and O–H groups in total. The first-order valence-corrected chi connectivity index (χ1v) is 8.81. The lowest BCUT2D eigenvalue weighted by molar-refractivity contribution is -0.144. The molecule has 2 rings (SSSR count). The molecule has 0 aliphatic rings. The molecule has 1 unspecified atom stereocenters. The summed E-state index contributed by atoms with van der Waals surface area (Å²) in [6.07, 6.45) is -2.71. The zero-order valence-corrected chi connectivity index (χ0v) is 16.3. The SMILES string of the molecule is C/C=C\c1ccc(OCC(O)Cn2c(C(F)(F)F)ccc(C(N)=O)c2=O)c(OC)c1. The van der Waals surface area contributed by atoms with Crippen molar-refractivity contribution in [3.8, 4) is 11.5 Å². The normalized spacial score (nSPS) is 12.7. The molecule has 0 fully saturated rings. The van der Waals surface area contributed by atoms with E-state index in [0.717, 1.165) is 5.56 Å². The number of benzene rings is 1. The number of nitrogens with two attached hydrogens (primary N) is 1. The van der Waals surface area contributed by atoms with Gasteiger partial charge in [0.2, 0.25) is 0 Å². The maximum atomic E-state index is 13.3. The van der Waals surface area contributed by atoms with E-state index in [1.54, 1.807) is 18.2 Å². The van der Waals surface area contributed by atoms with Gasteiger partial charge >= 0.3 is 6.18 Å². The summed E-state index contributed by atoms with van der Waals surface area (Å²) >= 11 is 0. The smallest absolute Gasteiger partial charge is 0.431 e. The van der Waals surface area contributed by atoms with E-state index in [1.165, 1.54) is 7.11 Å². The maximum Gasteiger partial charge on any atom is 0.431 e. The summed E-state index contributed by atoms with van der Waals surface area (Å²) in [6, 6.07) is 6.28. The molecule has 1 heterocycles. The van der Waals surface area contributed by atoms with Crippen LogP contribution in [0, 0.1) is 0 Å². The van der Waals surface area contributed by atoms with Gasteiger partial charge in [0.15, 0.2) is 11.5 Å². The average Bonchev–Trinajstić information content (AvgIpc) is 2.67. The number of ether oxygens (including phenoxy) is 2. The highest BCUT2D eigenvalue weighted by Crippen LogP contribution is 2.30. The number of allylic oxidation sites excluding steroid dienone is 1. The van der Waals surface area contributed by atoms with E-state index in [-0.39, 0.29) is 10.3 Å². The van der Waals surface area contributed by atoms with Gasteiger partial charge in [-0.05, 0) is 36.8 Å². The van der Waals surface area contributed by atoms with Gasteiger partial charge < -0.3 is 24.9 Å². The number of aliphatic hydroxyl groups is 1. The highest BCUT2D eigenvalue weighted by atomic mass is 19.4. The third-order valence-electron chi connectivity index (χ3n) is 4.10. The van der Waals surface area contributed by atoms with Crippen LogP contribution in [0.4, 0.5) is 13.2 Å². The number of alkyl halides is 3. The molecule has 0 radical (unpaired) electrons. The Morgan fingerprint density at radius 3 is 2.53 bits per heavy atom. The topological polar surface area (TPSA) is 104 Å². The number of methoxy groups -OCH3 is 1. The van der Waals surface area contributed by atoms with Crippen molar-refractivity contribution in [2.75, 3.05) is 13.7 Å². The van der Waals surface area contributed by atoms with Gasteiger partial charge in [-0.15, -0.1) is 0 Å². The summed E-state index contributed by atoms with van der Waals surface area (Å²) < 4.78 is 50.7. The Labute approximate surface area is 170 Å². The average molecular weight is 426 g/mol. The molecular weight excluding hydrogens is 405 g/mol. The highest BCUT2D eigenvalue weighted by molar-refractivity contribution is 5.92. The van der Waals surface area contributed by atoms with Crippen molar-refractivity contribution in [2.45, 2.75) is 25.7 Å². The van der Waals surface area contributed by atoms with E-state index in [2.05, 4.69) is 0 Å². The van der Waals surface area contributed by atoms with E-state index in [1.807, 2.05) is 19.1 Å². The van der Waals surface area contributed by atoms with Gasteiger partial charge in [-0.2, -0.15) is 13.2 Å². The molecule has 162 valence electrons. The van der Waals surface area contributed by atoms with Crippen LogP contribution in [0.3, 0.4) is 0 Å².